The highest BCUT2D eigenvalue weighted by molar-refractivity contribution is 5.87. The van der Waals surface area contributed by atoms with Crippen LogP contribution in [0.3, 0.4) is 0 Å². The fraction of sp³-hybridized carbons (Fsp3) is 0.117. The van der Waals surface area contributed by atoms with Crippen molar-refractivity contribution in [3.8, 4) is 89.1 Å². The Labute approximate surface area is 362 Å². The van der Waals surface area contributed by atoms with Crippen molar-refractivity contribution in [3.63, 3.8) is 0 Å². The van der Waals surface area contributed by atoms with Gasteiger partial charge in [0.05, 0.1) is 5.69 Å². The molecule has 0 aliphatic carbocycles. The highest BCUT2D eigenvalue weighted by Crippen LogP contribution is 2.39. The Morgan fingerprint density at radius 2 is 0.672 bits per heavy atom. The van der Waals surface area contributed by atoms with Crippen LogP contribution in [-0.2, 0) is 6.42 Å². The second-order valence-corrected chi connectivity index (χ2v) is 16.5. The number of hydrogen-bond donors (Lipinski definition) is 0. The van der Waals surface area contributed by atoms with Gasteiger partial charge in [-0.1, -0.05) is 177 Å². The molecule has 0 bridgehead atoms. The molecule has 0 aliphatic rings. The first-order valence-corrected chi connectivity index (χ1v) is 21.5. The van der Waals surface area contributed by atoms with Crippen LogP contribution in [0, 0.1) is 34.6 Å². The Morgan fingerprint density at radius 1 is 0.295 bits per heavy atom. The van der Waals surface area contributed by atoms with Gasteiger partial charge in [0, 0.05) is 11.8 Å². The van der Waals surface area contributed by atoms with Gasteiger partial charge in [-0.3, -0.25) is 4.98 Å². The van der Waals surface area contributed by atoms with Gasteiger partial charge in [-0.25, -0.2) is 0 Å². The van der Waals surface area contributed by atoms with E-state index < -0.39 is 0 Å². The number of rotatable bonds is 9. The smallest absolute Gasteiger partial charge is 0.0701 e. The fourth-order valence-electron chi connectivity index (χ4n) is 9.11. The lowest BCUT2D eigenvalue weighted by atomic mass is 9.88. The van der Waals surface area contributed by atoms with Crippen molar-refractivity contribution in [2.75, 3.05) is 0 Å². The summed E-state index contributed by atoms with van der Waals surface area (Å²) >= 11 is 0. The first-order valence-electron chi connectivity index (χ1n) is 21.5. The molecule has 0 N–H and O–H groups in total. The highest BCUT2D eigenvalue weighted by Gasteiger charge is 2.15. The standard InChI is InChI=1S/C60H51N/c1-7-44-38-50(26-32-59(44)52-15-9-8-14-39(52)2)49-25-30-54(42(5)36-49)53-28-23-47(34-40(53)3)48-24-29-55(41(4)35-48)56-31-27-51(37-43(56)6)58-17-11-10-16-57(58)45-19-21-46(22-20-45)60-18-12-13-33-61-60/h8-38H,7H2,1-6H3. The van der Waals surface area contributed by atoms with Crippen LogP contribution in [0.1, 0.15) is 40.3 Å². The molecular weight excluding hydrogens is 735 g/mol. The summed E-state index contributed by atoms with van der Waals surface area (Å²) in [4.78, 5) is 4.53. The van der Waals surface area contributed by atoms with Crippen molar-refractivity contribution in [1.29, 1.82) is 0 Å². The molecule has 0 aliphatic heterocycles. The van der Waals surface area contributed by atoms with E-state index in [4.69, 9.17) is 0 Å². The molecule has 0 unspecified atom stereocenters. The summed E-state index contributed by atoms with van der Waals surface area (Å²) in [5, 5.41) is 0. The van der Waals surface area contributed by atoms with Crippen LogP contribution >= 0.6 is 0 Å². The van der Waals surface area contributed by atoms with Gasteiger partial charge in [0.15, 0.2) is 0 Å². The number of nitrogens with zero attached hydrogens (tertiary/aromatic N) is 1. The molecule has 0 amide bonds. The van der Waals surface area contributed by atoms with E-state index in [0.717, 1.165) is 17.7 Å². The zero-order valence-corrected chi connectivity index (χ0v) is 36.1. The summed E-state index contributed by atoms with van der Waals surface area (Å²) in [5.74, 6) is 0. The third-order valence-electron chi connectivity index (χ3n) is 12.5. The number of aryl methyl sites for hydroxylation is 6. The average molecular weight is 786 g/mol. The predicted molar refractivity (Wildman–Crippen MR) is 261 cm³/mol. The normalized spacial score (nSPS) is 11.2. The molecule has 0 fully saturated rings. The average Bonchev–Trinajstić information content (AvgIpc) is 3.29. The number of benzene rings is 8. The molecule has 296 valence electrons. The van der Waals surface area contributed by atoms with Crippen LogP contribution in [0.25, 0.3) is 89.1 Å². The van der Waals surface area contributed by atoms with Gasteiger partial charge in [0.1, 0.15) is 0 Å². The Morgan fingerprint density at radius 3 is 1.15 bits per heavy atom. The SMILES string of the molecule is CCc1cc(-c2ccc(-c3ccc(-c4ccc(-c5ccc(-c6ccccc6-c6ccc(-c7ccccn7)cc6)cc5C)c(C)c4)cc3C)c(C)c2)ccc1-c1ccccc1C. The largest absolute Gasteiger partial charge is 0.256 e. The van der Waals surface area contributed by atoms with Crippen molar-refractivity contribution in [2.45, 2.75) is 48.0 Å². The molecule has 0 atom stereocenters. The highest BCUT2D eigenvalue weighted by atomic mass is 14.7. The first kappa shape index (κ1) is 39.4. The number of hydrogen-bond acceptors (Lipinski definition) is 1. The molecule has 61 heavy (non-hydrogen) atoms. The molecule has 0 saturated heterocycles. The minimum atomic E-state index is 0.986. The minimum Gasteiger partial charge on any atom is -0.256 e. The Bertz CT molecular complexity index is 3040. The number of pyridine rings is 1. The maximum Gasteiger partial charge on any atom is 0.0701 e. The Kier molecular flexibility index (Phi) is 10.9. The van der Waals surface area contributed by atoms with E-state index in [1.807, 2.05) is 18.3 Å². The zero-order chi connectivity index (χ0) is 42.0. The quantitative estimate of drug-likeness (QED) is 0.142. The monoisotopic (exact) mass is 785 g/mol. The van der Waals surface area contributed by atoms with E-state index >= 15 is 0 Å². The van der Waals surface area contributed by atoms with Crippen LogP contribution in [0.4, 0.5) is 0 Å². The lowest BCUT2D eigenvalue weighted by Gasteiger charge is -2.16. The lowest BCUT2D eigenvalue weighted by Crippen LogP contribution is -1.93. The molecular formula is C60H51N. The minimum absolute atomic E-state index is 0.986. The summed E-state index contributed by atoms with van der Waals surface area (Å²) < 4.78 is 0. The first-order chi connectivity index (χ1) is 29.7. The van der Waals surface area contributed by atoms with Gasteiger partial charge < -0.3 is 0 Å². The van der Waals surface area contributed by atoms with Gasteiger partial charge in [0.2, 0.25) is 0 Å². The second kappa shape index (κ2) is 16.9. The maximum absolute atomic E-state index is 4.53. The fourth-order valence-corrected chi connectivity index (χ4v) is 9.11. The van der Waals surface area contributed by atoms with Crippen molar-refractivity contribution in [1.82, 2.24) is 4.98 Å². The van der Waals surface area contributed by atoms with E-state index in [2.05, 4.69) is 216 Å². The third-order valence-corrected chi connectivity index (χ3v) is 12.5. The summed E-state index contributed by atoms with van der Waals surface area (Å²) in [5.41, 5.74) is 27.5. The Balaban J connectivity index is 0.940. The topological polar surface area (TPSA) is 12.9 Å². The van der Waals surface area contributed by atoms with Crippen LogP contribution in [0.2, 0.25) is 0 Å². The molecule has 1 aromatic heterocycles. The molecule has 0 spiro atoms. The summed E-state index contributed by atoms with van der Waals surface area (Å²) in [7, 11) is 0. The van der Waals surface area contributed by atoms with E-state index in [9.17, 15) is 0 Å². The maximum atomic E-state index is 4.53. The van der Waals surface area contributed by atoms with Gasteiger partial charge in [-0.05, 0) is 164 Å². The molecule has 1 heteroatoms. The van der Waals surface area contributed by atoms with E-state index in [1.54, 1.807) is 0 Å². The zero-order valence-electron chi connectivity index (χ0n) is 36.1. The van der Waals surface area contributed by atoms with Crippen LogP contribution in [0.5, 0.6) is 0 Å². The van der Waals surface area contributed by atoms with Crippen molar-refractivity contribution in [3.05, 3.63) is 222 Å². The molecule has 1 heterocycles. The van der Waals surface area contributed by atoms with Gasteiger partial charge in [-0.2, -0.15) is 0 Å². The van der Waals surface area contributed by atoms with Crippen LogP contribution in [0.15, 0.2) is 188 Å². The van der Waals surface area contributed by atoms with Gasteiger partial charge in [0.25, 0.3) is 0 Å². The van der Waals surface area contributed by atoms with E-state index in [-0.39, 0.29) is 0 Å². The second-order valence-electron chi connectivity index (χ2n) is 16.5. The lowest BCUT2D eigenvalue weighted by molar-refractivity contribution is 1.14. The van der Waals surface area contributed by atoms with Crippen molar-refractivity contribution < 1.29 is 0 Å². The molecule has 8 aromatic carbocycles. The third kappa shape index (κ3) is 7.88. The van der Waals surface area contributed by atoms with Gasteiger partial charge >= 0.3 is 0 Å². The molecule has 1 nitrogen and oxygen atoms in total. The summed E-state index contributed by atoms with van der Waals surface area (Å²) in [6.45, 7) is 13.4. The van der Waals surface area contributed by atoms with Crippen LogP contribution in [-0.4, -0.2) is 4.98 Å². The molecule has 0 saturated carbocycles. The van der Waals surface area contributed by atoms with E-state index in [1.165, 1.54) is 111 Å². The molecule has 0 radical (unpaired) electrons. The Hall–Kier alpha value is -7.09. The summed E-state index contributed by atoms with van der Waals surface area (Å²) in [6.07, 6.45) is 2.84. The van der Waals surface area contributed by atoms with E-state index in [0.29, 0.717) is 0 Å². The predicted octanol–water partition coefficient (Wildman–Crippen LogP) is 16.5. The number of aromatic nitrogens is 1. The molecule has 9 rings (SSSR count). The van der Waals surface area contributed by atoms with Crippen LogP contribution < -0.4 is 0 Å². The van der Waals surface area contributed by atoms with Crippen molar-refractivity contribution in [2.24, 2.45) is 0 Å². The summed E-state index contributed by atoms with van der Waals surface area (Å²) in [6, 6.07) is 66.9. The van der Waals surface area contributed by atoms with Gasteiger partial charge in [-0.15, -0.1) is 0 Å². The molecule has 9 aromatic rings. The van der Waals surface area contributed by atoms with Crippen molar-refractivity contribution >= 4 is 0 Å².